The van der Waals surface area contributed by atoms with Crippen LogP contribution in [0.3, 0.4) is 0 Å². The quantitative estimate of drug-likeness (QED) is 0.241. The van der Waals surface area contributed by atoms with E-state index < -0.39 is 17.7 Å². The van der Waals surface area contributed by atoms with E-state index in [-0.39, 0.29) is 5.91 Å². The number of halogens is 3. The second kappa shape index (κ2) is 10.3. The number of nitrogens with zero attached hydrogens (tertiary/aromatic N) is 2. The van der Waals surface area contributed by atoms with Crippen molar-refractivity contribution >= 4 is 22.4 Å². The number of aryl methyl sites for hydroxylation is 1. The van der Waals surface area contributed by atoms with E-state index in [0.717, 1.165) is 40.2 Å². The fourth-order valence-corrected chi connectivity index (χ4v) is 5.37. The Balaban J connectivity index is 1.43. The zero-order valence-electron chi connectivity index (χ0n) is 20.7. The van der Waals surface area contributed by atoms with Crippen molar-refractivity contribution in [2.45, 2.75) is 25.9 Å². The van der Waals surface area contributed by atoms with Crippen LogP contribution in [-0.4, -0.2) is 15.5 Å². The van der Waals surface area contributed by atoms with Crippen molar-refractivity contribution in [1.29, 1.82) is 0 Å². The maximum atomic E-state index is 13.4. The van der Waals surface area contributed by atoms with Gasteiger partial charge in [-0.05, 0) is 49.2 Å². The first-order valence-electron chi connectivity index (χ1n) is 12.0. The van der Waals surface area contributed by atoms with Crippen LogP contribution >= 0.6 is 11.3 Å². The number of hydrogen-bond donors (Lipinski definition) is 1. The molecule has 1 amide bonds. The highest BCUT2D eigenvalue weighted by Crippen LogP contribution is 2.35. The average Bonchev–Trinajstić information content (AvgIpc) is 3.48. The van der Waals surface area contributed by atoms with Gasteiger partial charge in [0, 0.05) is 28.0 Å². The Labute approximate surface area is 222 Å². The number of nitrogens with one attached hydrogen (secondary N) is 1. The Morgan fingerprint density at radius 2 is 1.53 bits per heavy atom. The normalized spacial score (nSPS) is 11.6. The second-order valence-electron chi connectivity index (χ2n) is 8.95. The molecule has 0 aliphatic rings. The minimum absolute atomic E-state index is 0.197. The summed E-state index contributed by atoms with van der Waals surface area (Å²) in [7, 11) is 0. The number of thiazole rings is 1. The van der Waals surface area contributed by atoms with Gasteiger partial charge in [-0.25, -0.2) is 4.98 Å². The van der Waals surface area contributed by atoms with Gasteiger partial charge in [0.25, 0.3) is 0 Å². The summed E-state index contributed by atoms with van der Waals surface area (Å²) in [6.07, 6.45) is -4.42. The Hall–Kier alpha value is -4.17. The molecule has 0 bridgehead atoms. The number of alkyl halides is 3. The zero-order chi connectivity index (χ0) is 26.9. The SMILES string of the molecule is Cc1cc(-c2csc(NC(=O)C(c3ccccc3)c3ccccc3)n2)c(C)n1-c1cccc(C(F)(F)F)c1. The predicted molar refractivity (Wildman–Crippen MR) is 145 cm³/mol. The van der Waals surface area contributed by atoms with Gasteiger partial charge >= 0.3 is 6.18 Å². The molecule has 4 nitrogen and oxygen atoms in total. The molecule has 8 heteroatoms. The molecule has 2 heterocycles. The number of rotatable bonds is 6. The molecule has 5 aromatic rings. The first-order chi connectivity index (χ1) is 18.2. The van der Waals surface area contributed by atoms with Crippen LogP contribution in [-0.2, 0) is 11.0 Å². The van der Waals surface area contributed by atoms with Gasteiger partial charge in [0.05, 0.1) is 17.2 Å². The summed E-state index contributed by atoms with van der Waals surface area (Å²) < 4.78 is 41.6. The van der Waals surface area contributed by atoms with E-state index in [2.05, 4.69) is 10.3 Å². The number of carbonyl (C=O) groups excluding carboxylic acids is 1. The molecule has 0 aliphatic heterocycles. The van der Waals surface area contributed by atoms with Crippen LogP contribution in [0.2, 0.25) is 0 Å². The van der Waals surface area contributed by atoms with E-state index in [1.54, 1.807) is 10.6 Å². The van der Waals surface area contributed by atoms with Crippen LogP contribution in [0.5, 0.6) is 0 Å². The Kier molecular flexibility index (Phi) is 6.91. The molecule has 38 heavy (non-hydrogen) atoms. The zero-order valence-corrected chi connectivity index (χ0v) is 21.5. The molecule has 192 valence electrons. The van der Waals surface area contributed by atoms with Gasteiger partial charge in [0.2, 0.25) is 5.91 Å². The lowest BCUT2D eigenvalue weighted by molar-refractivity contribution is -0.137. The smallest absolute Gasteiger partial charge is 0.318 e. The number of amides is 1. The fraction of sp³-hybridized carbons (Fsp3) is 0.133. The molecular weight excluding hydrogens is 507 g/mol. The van der Waals surface area contributed by atoms with Gasteiger partial charge in [-0.1, -0.05) is 66.7 Å². The van der Waals surface area contributed by atoms with Crippen molar-refractivity contribution in [2.75, 3.05) is 5.32 Å². The van der Waals surface area contributed by atoms with Crippen LogP contribution in [0.4, 0.5) is 18.3 Å². The molecule has 0 atom stereocenters. The van der Waals surface area contributed by atoms with E-state index in [4.69, 9.17) is 0 Å². The topological polar surface area (TPSA) is 46.9 Å². The van der Waals surface area contributed by atoms with Crippen molar-refractivity contribution in [3.05, 3.63) is 124 Å². The predicted octanol–water partition coefficient (Wildman–Crippen LogP) is 8.01. The van der Waals surface area contributed by atoms with E-state index in [9.17, 15) is 18.0 Å². The van der Waals surface area contributed by atoms with Crippen LogP contribution < -0.4 is 5.32 Å². The van der Waals surface area contributed by atoms with Crippen molar-refractivity contribution < 1.29 is 18.0 Å². The van der Waals surface area contributed by atoms with Crippen molar-refractivity contribution in [1.82, 2.24) is 9.55 Å². The number of anilines is 1. The summed E-state index contributed by atoms with van der Waals surface area (Å²) in [6.45, 7) is 3.69. The standard InChI is InChI=1S/C30H24F3N3OS/c1-19-16-25(20(2)36(19)24-15-9-14-23(17-24)30(31,32)33)26-18-38-29(34-26)35-28(37)27(21-10-5-3-6-11-21)22-12-7-4-8-13-22/h3-18,27H,1-2H3,(H,34,35,37). The van der Waals surface area contributed by atoms with Gasteiger partial charge in [-0.15, -0.1) is 11.3 Å². The molecule has 5 rings (SSSR count). The Bertz CT molecular complexity index is 1530. The molecule has 3 aromatic carbocycles. The molecule has 0 saturated heterocycles. The van der Waals surface area contributed by atoms with Gasteiger partial charge in [-0.2, -0.15) is 13.2 Å². The maximum absolute atomic E-state index is 13.4. The number of carbonyl (C=O) groups is 1. The highest BCUT2D eigenvalue weighted by molar-refractivity contribution is 7.14. The lowest BCUT2D eigenvalue weighted by Gasteiger charge is -2.17. The average molecular weight is 532 g/mol. The Morgan fingerprint density at radius 1 is 0.895 bits per heavy atom. The first kappa shape index (κ1) is 25.5. The lowest BCUT2D eigenvalue weighted by Crippen LogP contribution is -2.22. The molecular formula is C30H24F3N3OS. The third kappa shape index (κ3) is 5.13. The molecule has 0 spiro atoms. The number of hydrogen-bond acceptors (Lipinski definition) is 3. The first-order valence-corrected chi connectivity index (χ1v) is 12.8. The van der Waals surface area contributed by atoms with E-state index in [1.165, 1.54) is 17.4 Å². The number of aromatic nitrogens is 2. The van der Waals surface area contributed by atoms with Crippen molar-refractivity contribution in [2.24, 2.45) is 0 Å². The monoisotopic (exact) mass is 531 g/mol. The molecule has 2 aromatic heterocycles. The van der Waals surface area contributed by atoms with Crippen LogP contribution in [0.1, 0.15) is 34.0 Å². The van der Waals surface area contributed by atoms with Crippen molar-refractivity contribution in [3.63, 3.8) is 0 Å². The molecule has 0 radical (unpaired) electrons. The molecule has 0 aliphatic carbocycles. The van der Waals surface area contributed by atoms with E-state index in [0.29, 0.717) is 16.5 Å². The summed E-state index contributed by atoms with van der Waals surface area (Å²) >= 11 is 1.30. The van der Waals surface area contributed by atoms with Crippen LogP contribution in [0.15, 0.2) is 96.4 Å². The highest BCUT2D eigenvalue weighted by Gasteiger charge is 2.31. The van der Waals surface area contributed by atoms with Crippen molar-refractivity contribution in [3.8, 4) is 16.9 Å². The molecule has 0 saturated carbocycles. The third-order valence-corrected chi connectivity index (χ3v) is 7.16. The largest absolute Gasteiger partial charge is 0.416 e. The Morgan fingerprint density at radius 3 is 2.13 bits per heavy atom. The van der Waals surface area contributed by atoms with Gasteiger partial charge < -0.3 is 9.88 Å². The minimum Gasteiger partial charge on any atom is -0.318 e. The number of benzene rings is 3. The van der Waals surface area contributed by atoms with Crippen LogP contribution in [0, 0.1) is 13.8 Å². The van der Waals surface area contributed by atoms with Gasteiger partial charge in [0.15, 0.2) is 5.13 Å². The highest BCUT2D eigenvalue weighted by atomic mass is 32.1. The summed E-state index contributed by atoms with van der Waals surface area (Å²) in [5, 5.41) is 5.25. The minimum atomic E-state index is -4.42. The molecule has 0 unspecified atom stereocenters. The molecule has 0 fully saturated rings. The van der Waals surface area contributed by atoms with E-state index >= 15 is 0 Å². The van der Waals surface area contributed by atoms with Gasteiger partial charge in [0.1, 0.15) is 0 Å². The summed E-state index contributed by atoms with van der Waals surface area (Å²) in [6, 6.07) is 26.3. The summed E-state index contributed by atoms with van der Waals surface area (Å²) in [5.41, 5.74) is 4.45. The lowest BCUT2D eigenvalue weighted by atomic mass is 9.90. The van der Waals surface area contributed by atoms with Crippen LogP contribution in [0.25, 0.3) is 16.9 Å². The third-order valence-electron chi connectivity index (χ3n) is 6.40. The molecule has 1 N–H and O–H groups in total. The summed E-state index contributed by atoms with van der Waals surface area (Å²) in [4.78, 5) is 18.1. The fourth-order valence-electron chi connectivity index (χ4n) is 4.66. The second-order valence-corrected chi connectivity index (χ2v) is 9.81. The summed E-state index contributed by atoms with van der Waals surface area (Å²) in [5.74, 6) is -0.700. The van der Waals surface area contributed by atoms with E-state index in [1.807, 2.05) is 86.0 Å². The van der Waals surface area contributed by atoms with Gasteiger partial charge in [-0.3, -0.25) is 4.79 Å². The maximum Gasteiger partial charge on any atom is 0.416 e.